The highest BCUT2D eigenvalue weighted by Crippen LogP contribution is 2.49. The minimum atomic E-state index is -2.18. The molecule has 1 aliphatic rings. The highest BCUT2D eigenvalue weighted by molar-refractivity contribution is 5.48. The molecule has 3 rings (SSSR count). The Morgan fingerprint density at radius 2 is 1.50 bits per heavy atom. The molecule has 0 fully saturated rings. The standard InChI is InChI=1S/C16H16O6/c1-15(11-4-2-9(17)6-13(11)19)8-16(20,21)12-5-3-10(18)7-14(12)22-15/h2-7,17-21H,8H2,1H3. The molecule has 0 aromatic heterocycles. The van der Waals surface area contributed by atoms with Gasteiger partial charge in [0.05, 0.1) is 5.56 Å². The van der Waals surface area contributed by atoms with E-state index in [2.05, 4.69) is 0 Å². The molecule has 0 saturated heterocycles. The molecule has 116 valence electrons. The normalized spacial score (nSPS) is 22.7. The first-order chi connectivity index (χ1) is 10.2. The largest absolute Gasteiger partial charge is 0.508 e. The van der Waals surface area contributed by atoms with Gasteiger partial charge in [0.2, 0.25) is 0 Å². The number of phenols is 3. The van der Waals surface area contributed by atoms with Crippen molar-refractivity contribution in [3.8, 4) is 23.0 Å². The first-order valence-electron chi connectivity index (χ1n) is 6.71. The molecule has 2 aromatic rings. The van der Waals surface area contributed by atoms with E-state index in [-0.39, 0.29) is 35.0 Å². The first-order valence-corrected chi connectivity index (χ1v) is 6.71. The summed E-state index contributed by atoms with van der Waals surface area (Å²) in [6, 6.07) is 7.97. The van der Waals surface area contributed by atoms with Crippen LogP contribution in [0.2, 0.25) is 0 Å². The lowest BCUT2D eigenvalue weighted by atomic mass is 9.82. The molecule has 0 saturated carbocycles. The van der Waals surface area contributed by atoms with Crippen molar-refractivity contribution in [2.75, 3.05) is 0 Å². The van der Waals surface area contributed by atoms with Crippen molar-refractivity contribution >= 4 is 0 Å². The Kier molecular flexibility index (Phi) is 2.98. The summed E-state index contributed by atoms with van der Waals surface area (Å²) in [6.07, 6.45) is -0.226. The predicted octanol–water partition coefficient (Wildman–Crippen LogP) is 1.64. The summed E-state index contributed by atoms with van der Waals surface area (Å²) in [7, 11) is 0. The molecule has 22 heavy (non-hydrogen) atoms. The fraction of sp³-hybridized carbons (Fsp3) is 0.250. The van der Waals surface area contributed by atoms with Gasteiger partial charge < -0.3 is 30.3 Å². The van der Waals surface area contributed by atoms with Gasteiger partial charge in [-0.25, -0.2) is 0 Å². The van der Waals surface area contributed by atoms with Crippen molar-refractivity contribution in [3.63, 3.8) is 0 Å². The van der Waals surface area contributed by atoms with E-state index in [1.165, 1.54) is 30.3 Å². The molecule has 0 amide bonds. The van der Waals surface area contributed by atoms with Crippen LogP contribution in [0.3, 0.4) is 0 Å². The number of aromatic hydroxyl groups is 3. The van der Waals surface area contributed by atoms with Gasteiger partial charge in [-0.05, 0) is 31.2 Å². The maximum atomic E-state index is 10.3. The van der Waals surface area contributed by atoms with Gasteiger partial charge in [0, 0.05) is 24.1 Å². The molecule has 0 bridgehead atoms. The average Bonchev–Trinajstić information content (AvgIpc) is 2.35. The Morgan fingerprint density at radius 3 is 2.14 bits per heavy atom. The van der Waals surface area contributed by atoms with Gasteiger partial charge in [-0.1, -0.05) is 0 Å². The van der Waals surface area contributed by atoms with Gasteiger partial charge in [0.1, 0.15) is 28.6 Å². The number of rotatable bonds is 1. The van der Waals surface area contributed by atoms with E-state index in [9.17, 15) is 25.5 Å². The summed E-state index contributed by atoms with van der Waals surface area (Å²) in [6.45, 7) is 1.59. The summed E-state index contributed by atoms with van der Waals surface area (Å²) in [4.78, 5) is 0. The third kappa shape index (κ3) is 2.22. The Hall–Kier alpha value is -2.44. The molecule has 2 aromatic carbocycles. The molecule has 0 aliphatic carbocycles. The minimum Gasteiger partial charge on any atom is -0.508 e. The van der Waals surface area contributed by atoms with Gasteiger partial charge in [-0.3, -0.25) is 0 Å². The second kappa shape index (κ2) is 4.53. The summed E-state index contributed by atoms with van der Waals surface area (Å²) in [5, 5.41) is 49.6. The smallest absolute Gasteiger partial charge is 0.197 e. The van der Waals surface area contributed by atoms with E-state index in [1.807, 2.05) is 0 Å². The molecule has 1 aliphatic heterocycles. The minimum absolute atomic E-state index is 0.0753. The monoisotopic (exact) mass is 304 g/mol. The number of fused-ring (bicyclic) bond motifs is 1. The van der Waals surface area contributed by atoms with Crippen molar-refractivity contribution in [2.45, 2.75) is 24.7 Å². The van der Waals surface area contributed by atoms with E-state index in [0.29, 0.717) is 5.56 Å². The first kappa shape index (κ1) is 14.5. The predicted molar refractivity (Wildman–Crippen MR) is 76.6 cm³/mol. The van der Waals surface area contributed by atoms with Gasteiger partial charge in [0.25, 0.3) is 0 Å². The summed E-state index contributed by atoms with van der Waals surface area (Å²) >= 11 is 0. The van der Waals surface area contributed by atoms with Gasteiger partial charge >= 0.3 is 0 Å². The highest BCUT2D eigenvalue weighted by atomic mass is 16.5. The quantitative estimate of drug-likeness (QED) is 0.512. The highest BCUT2D eigenvalue weighted by Gasteiger charge is 2.47. The number of hydrogen-bond acceptors (Lipinski definition) is 6. The molecule has 0 radical (unpaired) electrons. The van der Waals surface area contributed by atoms with Crippen LogP contribution in [-0.4, -0.2) is 25.5 Å². The topological polar surface area (TPSA) is 110 Å². The zero-order chi connectivity index (χ0) is 16.1. The summed E-state index contributed by atoms with van der Waals surface area (Å²) < 4.78 is 5.82. The summed E-state index contributed by atoms with van der Waals surface area (Å²) in [5.41, 5.74) is -0.810. The lowest BCUT2D eigenvalue weighted by Gasteiger charge is -2.42. The Balaban J connectivity index is 2.13. The lowest BCUT2D eigenvalue weighted by Crippen LogP contribution is -2.44. The molecule has 1 atom stereocenters. The second-order valence-corrected chi connectivity index (χ2v) is 5.71. The number of aliphatic hydroxyl groups is 2. The van der Waals surface area contributed by atoms with Crippen LogP contribution in [0.15, 0.2) is 36.4 Å². The van der Waals surface area contributed by atoms with Crippen LogP contribution in [-0.2, 0) is 11.4 Å². The van der Waals surface area contributed by atoms with Crippen LogP contribution in [0.1, 0.15) is 24.5 Å². The van der Waals surface area contributed by atoms with Crippen molar-refractivity contribution in [1.29, 1.82) is 0 Å². The average molecular weight is 304 g/mol. The van der Waals surface area contributed by atoms with Crippen molar-refractivity contribution < 1.29 is 30.3 Å². The van der Waals surface area contributed by atoms with E-state index in [1.54, 1.807) is 6.92 Å². The Morgan fingerprint density at radius 1 is 0.909 bits per heavy atom. The van der Waals surface area contributed by atoms with Crippen molar-refractivity contribution in [1.82, 2.24) is 0 Å². The Labute approximate surface area is 126 Å². The van der Waals surface area contributed by atoms with Crippen LogP contribution in [0.4, 0.5) is 0 Å². The molecule has 5 N–H and O–H groups in total. The molecular weight excluding hydrogens is 288 g/mol. The number of hydrogen-bond donors (Lipinski definition) is 5. The van der Waals surface area contributed by atoms with Crippen LogP contribution in [0, 0.1) is 0 Å². The summed E-state index contributed by atoms with van der Waals surface area (Å²) in [5.74, 6) is -2.47. The number of ether oxygens (including phenoxy) is 1. The van der Waals surface area contributed by atoms with Crippen molar-refractivity contribution in [3.05, 3.63) is 47.5 Å². The number of phenolic OH excluding ortho intramolecular Hbond substituents is 3. The zero-order valence-electron chi connectivity index (χ0n) is 11.8. The van der Waals surface area contributed by atoms with Crippen LogP contribution >= 0.6 is 0 Å². The molecule has 6 heteroatoms. The molecule has 6 nitrogen and oxygen atoms in total. The molecular formula is C16H16O6. The van der Waals surface area contributed by atoms with Crippen LogP contribution in [0.5, 0.6) is 23.0 Å². The SMILES string of the molecule is CC1(c2ccc(O)cc2O)CC(O)(O)c2ccc(O)cc2O1. The molecule has 1 unspecified atom stereocenters. The van der Waals surface area contributed by atoms with Crippen molar-refractivity contribution in [2.24, 2.45) is 0 Å². The fourth-order valence-electron chi connectivity index (χ4n) is 2.89. The fourth-order valence-corrected chi connectivity index (χ4v) is 2.89. The van der Waals surface area contributed by atoms with E-state index in [0.717, 1.165) is 6.07 Å². The van der Waals surface area contributed by atoms with Gasteiger partial charge in [-0.2, -0.15) is 0 Å². The van der Waals surface area contributed by atoms with E-state index in [4.69, 9.17) is 4.74 Å². The maximum Gasteiger partial charge on any atom is 0.197 e. The van der Waals surface area contributed by atoms with Crippen LogP contribution < -0.4 is 4.74 Å². The maximum absolute atomic E-state index is 10.3. The Bertz CT molecular complexity index is 739. The molecule has 1 heterocycles. The van der Waals surface area contributed by atoms with Gasteiger partial charge in [-0.15, -0.1) is 0 Å². The second-order valence-electron chi connectivity index (χ2n) is 5.71. The zero-order valence-corrected chi connectivity index (χ0v) is 11.8. The van der Waals surface area contributed by atoms with E-state index >= 15 is 0 Å². The third-order valence-corrected chi connectivity index (χ3v) is 3.87. The number of benzene rings is 2. The third-order valence-electron chi connectivity index (χ3n) is 3.87. The lowest BCUT2D eigenvalue weighted by molar-refractivity contribution is -0.216. The van der Waals surface area contributed by atoms with E-state index < -0.39 is 11.4 Å². The van der Waals surface area contributed by atoms with Crippen LogP contribution in [0.25, 0.3) is 0 Å². The van der Waals surface area contributed by atoms with Gasteiger partial charge in [0.15, 0.2) is 5.79 Å². The molecule has 0 spiro atoms.